The third kappa shape index (κ3) is 4.86. The molecular weight excluding hydrogens is 279 g/mol. The molecule has 0 aliphatic rings. The molecule has 0 amide bonds. The number of rotatable bonds is 7. The topological polar surface area (TPSA) is 43.4 Å². The monoisotopic (exact) mass is 299 g/mol. The Morgan fingerprint density at radius 3 is 2.43 bits per heavy atom. The molecule has 0 atom stereocenters. The van der Waals surface area contributed by atoms with E-state index >= 15 is 0 Å². The molecule has 0 heterocycles. The molecule has 0 saturated carbocycles. The quantitative estimate of drug-likeness (QED) is 0.444. The second-order valence-electron chi connectivity index (χ2n) is 4.81. The van der Waals surface area contributed by atoms with E-state index in [1.807, 2.05) is 30.3 Å². The maximum atomic E-state index is 12.3. The van der Waals surface area contributed by atoms with Gasteiger partial charge in [0.1, 0.15) is 4.90 Å². The Bertz CT molecular complexity index is 663. The molecule has 109 valence electrons. The van der Waals surface area contributed by atoms with Crippen molar-refractivity contribution in [2.45, 2.75) is 37.5 Å². The van der Waals surface area contributed by atoms with E-state index in [9.17, 15) is 8.42 Å². The molecule has 2 aromatic rings. The molecule has 0 N–H and O–H groups in total. The van der Waals surface area contributed by atoms with Crippen LogP contribution in [-0.2, 0) is 14.3 Å². The van der Waals surface area contributed by atoms with Crippen molar-refractivity contribution in [3.63, 3.8) is 0 Å². The van der Waals surface area contributed by atoms with E-state index in [1.54, 1.807) is 12.1 Å². The molecule has 0 bridgehead atoms. The van der Waals surface area contributed by atoms with Crippen LogP contribution < -0.4 is 0 Å². The second kappa shape index (κ2) is 8.60. The van der Waals surface area contributed by atoms with Crippen LogP contribution in [0.5, 0.6) is 0 Å². The number of hydrogen-bond acceptors (Lipinski definition) is 3. The Labute approximate surface area is 139 Å². The molecular formula is C16H20LiO3S. The Morgan fingerprint density at radius 2 is 1.67 bits per heavy atom. The minimum absolute atomic E-state index is 0. The summed E-state index contributed by atoms with van der Waals surface area (Å²) in [6.07, 6.45) is 4.01. The summed E-state index contributed by atoms with van der Waals surface area (Å²) in [4.78, 5) is 0.256. The molecule has 3 nitrogen and oxygen atoms in total. The van der Waals surface area contributed by atoms with Crippen molar-refractivity contribution in [1.29, 1.82) is 0 Å². The number of unbranched alkanes of at least 4 members (excludes halogenated alkanes) is 3. The summed E-state index contributed by atoms with van der Waals surface area (Å²) in [7, 11) is -3.67. The van der Waals surface area contributed by atoms with Crippen molar-refractivity contribution in [2.75, 3.05) is 6.61 Å². The SMILES string of the molecule is CCCCCCOS(=O)(=O)c1cccc2ccccc12.[Li]. The van der Waals surface area contributed by atoms with Gasteiger partial charge in [-0.1, -0.05) is 62.6 Å². The van der Waals surface area contributed by atoms with E-state index in [4.69, 9.17) is 4.18 Å². The Balaban J connectivity index is 0.00000220. The van der Waals surface area contributed by atoms with Gasteiger partial charge < -0.3 is 0 Å². The van der Waals surface area contributed by atoms with Gasteiger partial charge in [0.15, 0.2) is 0 Å². The average Bonchev–Trinajstić information content (AvgIpc) is 2.46. The van der Waals surface area contributed by atoms with Gasteiger partial charge in [-0.25, -0.2) is 0 Å². The first kappa shape index (κ1) is 18.3. The normalized spacial score (nSPS) is 11.3. The average molecular weight is 299 g/mol. The summed E-state index contributed by atoms with van der Waals surface area (Å²) in [6, 6.07) is 12.7. The van der Waals surface area contributed by atoms with E-state index in [-0.39, 0.29) is 30.4 Å². The van der Waals surface area contributed by atoms with Gasteiger partial charge in [0.2, 0.25) is 0 Å². The van der Waals surface area contributed by atoms with Crippen molar-refractivity contribution in [1.82, 2.24) is 0 Å². The molecule has 1 radical (unpaired) electrons. The van der Waals surface area contributed by atoms with Crippen LogP contribution in [0.25, 0.3) is 10.8 Å². The zero-order valence-corrected chi connectivity index (χ0v) is 13.5. The smallest absolute Gasteiger partial charge is 0.266 e. The second-order valence-corrected chi connectivity index (χ2v) is 6.40. The zero-order chi connectivity index (χ0) is 14.4. The van der Waals surface area contributed by atoms with Gasteiger partial charge in [-0.3, -0.25) is 4.18 Å². The Hall–Kier alpha value is -0.793. The van der Waals surface area contributed by atoms with E-state index in [0.717, 1.165) is 31.1 Å². The van der Waals surface area contributed by atoms with Crippen molar-refractivity contribution in [2.24, 2.45) is 0 Å². The van der Waals surface area contributed by atoms with Crippen LogP contribution in [0.15, 0.2) is 47.4 Å². The molecule has 0 spiro atoms. The minimum Gasteiger partial charge on any atom is -0.266 e. The van der Waals surface area contributed by atoms with Crippen LogP contribution in [-0.4, -0.2) is 33.9 Å². The van der Waals surface area contributed by atoms with Gasteiger partial charge in [-0.2, -0.15) is 8.42 Å². The summed E-state index contributed by atoms with van der Waals surface area (Å²) in [6.45, 7) is 2.37. The summed E-state index contributed by atoms with van der Waals surface area (Å²) in [5.41, 5.74) is 0. The fourth-order valence-electron chi connectivity index (χ4n) is 2.17. The van der Waals surface area contributed by atoms with Crippen LogP contribution in [0.2, 0.25) is 0 Å². The number of hydrogen-bond donors (Lipinski definition) is 0. The summed E-state index contributed by atoms with van der Waals surface area (Å²) < 4.78 is 29.7. The number of benzene rings is 2. The molecule has 5 heteroatoms. The van der Waals surface area contributed by atoms with Crippen LogP contribution >= 0.6 is 0 Å². The fraction of sp³-hybridized carbons (Fsp3) is 0.375. The number of fused-ring (bicyclic) bond motifs is 1. The first-order chi connectivity index (χ1) is 9.65. The zero-order valence-electron chi connectivity index (χ0n) is 12.7. The van der Waals surface area contributed by atoms with Gasteiger partial charge >= 0.3 is 0 Å². The Morgan fingerprint density at radius 1 is 0.952 bits per heavy atom. The van der Waals surface area contributed by atoms with Crippen LogP contribution in [0.3, 0.4) is 0 Å². The standard InChI is InChI=1S/C16H20O3S.Li/c1-2-3-4-7-13-19-20(17,18)16-12-8-10-14-9-5-6-11-15(14)16;/h5-6,8-12H,2-4,7,13H2,1H3;. The van der Waals surface area contributed by atoms with Gasteiger partial charge in [0, 0.05) is 24.2 Å². The molecule has 0 aliphatic carbocycles. The summed E-state index contributed by atoms with van der Waals surface area (Å²) in [5.74, 6) is 0. The maximum absolute atomic E-state index is 12.3. The van der Waals surface area contributed by atoms with Crippen LogP contribution in [0.4, 0.5) is 0 Å². The molecule has 0 aliphatic heterocycles. The Kier molecular flexibility index (Phi) is 7.48. The van der Waals surface area contributed by atoms with Crippen molar-refractivity contribution < 1.29 is 12.6 Å². The molecule has 2 rings (SSSR count). The molecule has 0 unspecified atom stereocenters. The predicted octanol–water partition coefficient (Wildman–Crippen LogP) is 3.74. The molecule has 0 fully saturated rings. The summed E-state index contributed by atoms with van der Waals surface area (Å²) in [5, 5.41) is 1.62. The van der Waals surface area contributed by atoms with Crippen molar-refractivity contribution in [3.8, 4) is 0 Å². The van der Waals surface area contributed by atoms with Crippen LogP contribution in [0, 0.1) is 0 Å². The van der Waals surface area contributed by atoms with Gasteiger partial charge in [-0.15, -0.1) is 0 Å². The van der Waals surface area contributed by atoms with Crippen molar-refractivity contribution >= 4 is 39.8 Å². The fourth-order valence-corrected chi connectivity index (χ4v) is 3.34. The molecule has 0 saturated heterocycles. The molecule has 2 aromatic carbocycles. The van der Waals surface area contributed by atoms with E-state index in [1.165, 1.54) is 0 Å². The maximum Gasteiger partial charge on any atom is 0.297 e. The molecule has 0 aromatic heterocycles. The van der Waals surface area contributed by atoms with Crippen molar-refractivity contribution in [3.05, 3.63) is 42.5 Å². The summed E-state index contributed by atoms with van der Waals surface area (Å²) >= 11 is 0. The first-order valence-corrected chi connectivity index (χ1v) is 8.43. The first-order valence-electron chi connectivity index (χ1n) is 7.02. The third-order valence-electron chi connectivity index (χ3n) is 3.26. The van der Waals surface area contributed by atoms with Crippen LogP contribution in [0.1, 0.15) is 32.6 Å². The van der Waals surface area contributed by atoms with Gasteiger partial charge in [-0.05, 0) is 17.9 Å². The van der Waals surface area contributed by atoms with Gasteiger partial charge in [0.05, 0.1) is 6.61 Å². The largest absolute Gasteiger partial charge is 0.297 e. The van der Waals surface area contributed by atoms with E-state index in [0.29, 0.717) is 5.39 Å². The van der Waals surface area contributed by atoms with E-state index in [2.05, 4.69) is 6.92 Å². The predicted molar refractivity (Wildman–Crippen MR) is 87.0 cm³/mol. The van der Waals surface area contributed by atoms with Gasteiger partial charge in [0.25, 0.3) is 10.1 Å². The molecule has 21 heavy (non-hydrogen) atoms. The minimum atomic E-state index is -3.67. The third-order valence-corrected chi connectivity index (χ3v) is 4.63. The van der Waals surface area contributed by atoms with E-state index < -0.39 is 10.1 Å².